The number of benzene rings is 1. The van der Waals surface area contributed by atoms with E-state index in [0.717, 1.165) is 40.0 Å². The third-order valence-corrected chi connectivity index (χ3v) is 5.63. The van der Waals surface area contributed by atoms with Crippen molar-refractivity contribution < 1.29 is 8.78 Å². The molecule has 0 aliphatic rings. The second-order valence-corrected chi connectivity index (χ2v) is 8.17. The number of hydrogen-bond donors (Lipinski definition) is 0. The van der Waals surface area contributed by atoms with Crippen LogP contribution in [-0.4, -0.2) is 29.7 Å². The SMILES string of the molecule is C=C(C)/C(C)=C(\C(=C/C)c1cnc(SCCc2ccc(F)cc2)c(F)c1)N(C)C. The fraction of sp³-hybridized carbons (Fsp3) is 0.292. The standard InChI is InChI=1S/C24H28F2N2S/c1-7-21(23(28(5)6)17(4)16(2)3)19-14-22(26)24(27-15-19)29-13-12-18-8-10-20(25)11-9-18/h7-11,14-15H,2,12-13H2,1,3-6H3/b21-7-,23-17+. The Kier molecular flexibility index (Phi) is 8.21. The first-order valence-corrected chi connectivity index (χ1v) is 10.5. The third-order valence-electron chi connectivity index (χ3n) is 4.65. The van der Waals surface area contributed by atoms with Gasteiger partial charge in [-0.2, -0.15) is 0 Å². The minimum atomic E-state index is -0.336. The molecule has 5 heteroatoms. The van der Waals surface area contributed by atoms with E-state index >= 15 is 0 Å². The summed E-state index contributed by atoms with van der Waals surface area (Å²) < 4.78 is 27.7. The maximum atomic E-state index is 14.7. The molecule has 2 aromatic rings. The molecule has 1 aromatic carbocycles. The molecule has 0 saturated carbocycles. The molecular formula is C24H28F2N2S. The van der Waals surface area contributed by atoms with Crippen LogP contribution in [0.1, 0.15) is 31.9 Å². The number of likely N-dealkylation sites (N-methyl/N-ethyl adjacent to an activating group) is 1. The van der Waals surface area contributed by atoms with Crippen LogP contribution in [0.2, 0.25) is 0 Å². The highest BCUT2D eigenvalue weighted by Gasteiger charge is 2.16. The van der Waals surface area contributed by atoms with E-state index in [2.05, 4.69) is 11.6 Å². The smallest absolute Gasteiger partial charge is 0.156 e. The van der Waals surface area contributed by atoms with Gasteiger partial charge in [-0.05, 0) is 56.5 Å². The zero-order valence-electron chi connectivity index (χ0n) is 17.7. The van der Waals surface area contributed by atoms with E-state index in [1.165, 1.54) is 30.0 Å². The van der Waals surface area contributed by atoms with Gasteiger partial charge in [0, 0.05) is 42.9 Å². The molecule has 0 unspecified atom stereocenters. The summed E-state index contributed by atoms with van der Waals surface area (Å²) in [4.78, 5) is 6.38. The van der Waals surface area contributed by atoms with Crippen molar-refractivity contribution in [2.75, 3.05) is 19.8 Å². The highest BCUT2D eigenvalue weighted by Crippen LogP contribution is 2.31. The number of pyridine rings is 1. The van der Waals surface area contributed by atoms with E-state index in [-0.39, 0.29) is 11.6 Å². The first kappa shape index (κ1) is 22.9. The molecule has 0 aliphatic heterocycles. The molecule has 0 bridgehead atoms. The molecular weight excluding hydrogens is 386 g/mol. The molecule has 154 valence electrons. The number of aryl methyl sites for hydroxylation is 1. The van der Waals surface area contributed by atoms with Crippen LogP contribution < -0.4 is 0 Å². The molecule has 2 nitrogen and oxygen atoms in total. The van der Waals surface area contributed by atoms with Gasteiger partial charge in [-0.1, -0.05) is 30.4 Å². The molecule has 0 radical (unpaired) electrons. The van der Waals surface area contributed by atoms with Crippen LogP contribution in [-0.2, 0) is 6.42 Å². The fourth-order valence-electron chi connectivity index (χ4n) is 3.02. The fourth-order valence-corrected chi connectivity index (χ4v) is 3.87. The van der Waals surface area contributed by atoms with Crippen LogP contribution in [0, 0.1) is 11.6 Å². The number of rotatable bonds is 8. The molecule has 1 aromatic heterocycles. The van der Waals surface area contributed by atoms with Crippen molar-refractivity contribution in [2.24, 2.45) is 0 Å². The summed E-state index contributed by atoms with van der Waals surface area (Å²) in [6, 6.07) is 7.92. The van der Waals surface area contributed by atoms with Crippen molar-refractivity contribution in [3.63, 3.8) is 0 Å². The van der Waals surface area contributed by atoms with Crippen molar-refractivity contribution >= 4 is 17.3 Å². The summed E-state index contributed by atoms with van der Waals surface area (Å²) in [5.74, 6) is 0.0813. The summed E-state index contributed by atoms with van der Waals surface area (Å²) in [5.41, 5.74) is 5.69. The molecule has 0 fully saturated rings. The van der Waals surface area contributed by atoms with E-state index in [0.29, 0.717) is 10.8 Å². The summed E-state index contributed by atoms with van der Waals surface area (Å²) >= 11 is 1.36. The van der Waals surface area contributed by atoms with Gasteiger partial charge in [-0.15, -0.1) is 11.8 Å². The van der Waals surface area contributed by atoms with Crippen molar-refractivity contribution in [2.45, 2.75) is 32.2 Å². The minimum Gasteiger partial charge on any atom is -0.377 e. The lowest BCUT2D eigenvalue weighted by molar-refractivity contribution is 0.528. The Morgan fingerprint density at radius 1 is 1.17 bits per heavy atom. The van der Waals surface area contributed by atoms with Crippen LogP contribution in [0.3, 0.4) is 0 Å². The van der Waals surface area contributed by atoms with Crippen molar-refractivity contribution in [1.29, 1.82) is 0 Å². The van der Waals surface area contributed by atoms with Crippen LogP contribution in [0.4, 0.5) is 8.78 Å². The molecule has 2 rings (SSSR count). The number of aromatic nitrogens is 1. The topological polar surface area (TPSA) is 16.1 Å². The Balaban J connectivity index is 2.19. The lowest BCUT2D eigenvalue weighted by Gasteiger charge is -2.24. The Labute approximate surface area is 177 Å². The Morgan fingerprint density at radius 2 is 1.83 bits per heavy atom. The van der Waals surface area contributed by atoms with Gasteiger partial charge in [0.2, 0.25) is 0 Å². The lowest BCUT2D eigenvalue weighted by atomic mass is 9.97. The molecule has 0 spiro atoms. The van der Waals surface area contributed by atoms with E-state index in [1.54, 1.807) is 18.3 Å². The molecule has 0 atom stereocenters. The van der Waals surface area contributed by atoms with E-state index < -0.39 is 0 Å². The summed E-state index contributed by atoms with van der Waals surface area (Å²) in [5, 5.41) is 0.373. The van der Waals surface area contributed by atoms with Gasteiger partial charge >= 0.3 is 0 Å². The van der Waals surface area contributed by atoms with Crippen LogP contribution >= 0.6 is 11.8 Å². The predicted molar refractivity (Wildman–Crippen MR) is 120 cm³/mol. The summed E-state index contributed by atoms with van der Waals surface area (Å²) in [7, 11) is 3.93. The maximum Gasteiger partial charge on any atom is 0.156 e. The van der Waals surface area contributed by atoms with Crippen molar-refractivity contribution in [3.8, 4) is 0 Å². The van der Waals surface area contributed by atoms with Gasteiger partial charge in [-0.3, -0.25) is 0 Å². The Bertz CT molecular complexity index is 928. The minimum absolute atomic E-state index is 0.252. The second-order valence-electron chi connectivity index (χ2n) is 7.09. The van der Waals surface area contributed by atoms with E-state index in [1.807, 2.05) is 45.8 Å². The number of halogens is 2. The van der Waals surface area contributed by atoms with Crippen molar-refractivity contribution in [1.82, 2.24) is 9.88 Å². The predicted octanol–water partition coefficient (Wildman–Crippen LogP) is 6.51. The second kappa shape index (κ2) is 10.4. The third kappa shape index (κ3) is 6.04. The van der Waals surface area contributed by atoms with Gasteiger partial charge in [-0.25, -0.2) is 13.8 Å². The Morgan fingerprint density at radius 3 is 2.34 bits per heavy atom. The quantitative estimate of drug-likeness (QED) is 0.362. The highest BCUT2D eigenvalue weighted by molar-refractivity contribution is 7.99. The number of nitrogens with zero attached hydrogens (tertiary/aromatic N) is 2. The molecule has 0 amide bonds. The monoisotopic (exact) mass is 414 g/mol. The largest absolute Gasteiger partial charge is 0.377 e. The highest BCUT2D eigenvalue weighted by atomic mass is 32.2. The summed E-state index contributed by atoms with van der Waals surface area (Å²) in [6.07, 6.45) is 4.41. The van der Waals surface area contributed by atoms with Gasteiger partial charge in [0.1, 0.15) is 10.8 Å². The molecule has 0 saturated heterocycles. The van der Waals surface area contributed by atoms with Crippen LogP contribution in [0.15, 0.2) is 71.1 Å². The van der Waals surface area contributed by atoms with Crippen molar-refractivity contribution in [3.05, 3.63) is 88.8 Å². The molecule has 0 N–H and O–H groups in total. The van der Waals surface area contributed by atoms with Gasteiger partial charge in [0.25, 0.3) is 0 Å². The summed E-state index contributed by atoms with van der Waals surface area (Å²) in [6.45, 7) is 9.96. The zero-order valence-corrected chi connectivity index (χ0v) is 18.5. The number of thioether (sulfide) groups is 1. The normalized spacial score (nSPS) is 12.6. The first-order chi connectivity index (χ1) is 13.7. The Hall–Kier alpha value is -2.40. The molecule has 29 heavy (non-hydrogen) atoms. The maximum absolute atomic E-state index is 14.7. The zero-order chi connectivity index (χ0) is 21.6. The van der Waals surface area contributed by atoms with Crippen LogP contribution in [0.25, 0.3) is 5.57 Å². The molecule has 0 aliphatic carbocycles. The number of hydrogen-bond acceptors (Lipinski definition) is 3. The van der Waals surface area contributed by atoms with E-state index in [4.69, 9.17) is 0 Å². The average Bonchev–Trinajstić information content (AvgIpc) is 2.67. The molecule has 1 heterocycles. The average molecular weight is 415 g/mol. The lowest BCUT2D eigenvalue weighted by Crippen LogP contribution is -2.15. The van der Waals surface area contributed by atoms with Gasteiger partial charge in [0.05, 0.1) is 0 Å². The van der Waals surface area contributed by atoms with Gasteiger partial charge < -0.3 is 4.90 Å². The number of allylic oxidation sites excluding steroid dienone is 4. The van der Waals surface area contributed by atoms with Gasteiger partial charge in [0.15, 0.2) is 5.82 Å². The van der Waals surface area contributed by atoms with Crippen LogP contribution in [0.5, 0.6) is 0 Å². The van der Waals surface area contributed by atoms with E-state index in [9.17, 15) is 8.78 Å². The first-order valence-electron chi connectivity index (χ1n) is 9.48.